The molecule has 5 nitrogen and oxygen atoms in total. The summed E-state index contributed by atoms with van der Waals surface area (Å²) in [5, 5.41) is 6.01. The van der Waals surface area contributed by atoms with E-state index in [1.165, 1.54) is 0 Å². The van der Waals surface area contributed by atoms with Crippen LogP contribution in [0.3, 0.4) is 0 Å². The number of aryl methyl sites for hydroxylation is 1. The second-order valence-corrected chi connectivity index (χ2v) is 6.19. The lowest BCUT2D eigenvalue weighted by molar-refractivity contribution is -0.119. The van der Waals surface area contributed by atoms with Gasteiger partial charge in [-0.2, -0.15) is 0 Å². The van der Waals surface area contributed by atoms with Crippen LogP contribution in [0.5, 0.6) is 0 Å². The van der Waals surface area contributed by atoms with Gasteiger partial charge in [0.05, 0.1) is 6.54 Å². The zero-order valence-electron chi connectivity index (χ0n) is 15.0. The third-order valence-electron chi connectivity index (χ3n) is 3.98. The van der Waals surface area contributed by atoms with E-state index >= 15 is 0 Å². The van der Waals surface area contributed by atoms with Gasteiger partial charge >= 0.3 is 0 Å². The Morgan fingerprint density at radius 2 is 1.80 bits per heavy atom. The Balaban J connectivity index is 1.98. The number of hydrogen-bond acceptors (Lipinski definition) is 2. The van der Waals surface area contributed by atoms with Crippen LogP contribution >= 0.6 is 0 Å². The van der Waals surface area contributed by atoms with Gasteiger partial charge in [-0.05, 0) is 48.7 Å². The highest BCUT2D eigenvalue weighted by Gasteiger charge is 2.10. The van der Waals surface area contributed by atoms with Crippen LogP contribution in [-0.4, -0.2) is 11.9 Å². The second kappa shape index (κ2) is 8.87. The van der Waals surface area contributed by atoms with Crippen molar-refractivity contribution >= 4 is 23.2 Å². The lowest BCUT2D eigenvalue weighted by Gasteiger charge is -2.11. The molecule has 0 saturated carbocycles. The SMILES string of the molecule is CCC(C)C(=O)Nc1cccc(CN=C(N)Nc2cccc(C)c2)c1. The average molecular weight is 338 g/mol. The summed E-state index contributed by atoms with van der Waals surface area (Å²) in [6.07, 6.45) is 0.816. The summed E-state index contributed by atoms with van der Waals surface area (Å²) in [6, 6.07) is 15.6. The third-order valence-corrected chi connectivity index (χ3v) is 3.98. The van der Waals surface area contributed by atoms with E-state index in [9.17, 15) is 4.79 Å². The molecule has 1 atom stereocenters. The molecule has 132 valence electrons. The zero-order valence-corrected chi connectivity index (χ0v) is 15.0. The lowest BCUT2D eigenvalue weighted by Crippen LogP contribution is -2.22. The Kier molecular flexibility index (Phi) is 6.57. The number of nitrogens with two attached hydrogens (primary N) is 1. The number of benzene rings is 2. The first-order chi connectivity index (χ1) is 12.0. The third kappa shape index (κ3) is 5.95. The minimum atomic E-state index is -0.00384. The lowest BCUT2D eigenvalue weighted by atomic mass is 10.1. The van der Waals surface area contributed by atoms with E-state index in [4.69, 9.17) is 5.73 Å². The molecule has 0 aliphatic heterocycles. The Morgan fingerprint density at radius 3 is 2.48 bits per heavy atom. The van der Waals surface area contributed by atoms with Gasteiger partial charge in [-0.15, -0.1) is 0 Å². The summed E-state index contributed by atoms with van der Waals surface area (Å²) in [6.45, 7) is 6.38. The first kappa shape index (κ1) is 18.5. The number of guanidine groups is 1. The Bertz CT molecular complexity index is 755. The van der Waals surface area contributed by atoms with Crippen molar-refractivity contribution in [1.29, 1.82) is 0 Å². The molecule has 2 aromatic rings. The standard InChI is InChI=1S/C20H26N4O/c1-4-15(3)19(25)23-18-10-6-8-16(12-18)13-22-20(21)24-17-9-5-7-14(2)11-17/h5-12,15H,4,13H2,1-3H3,(H,23,25)(H3,21,22,24). The highest BCUT2D eigenvalue weighted by atomic mass is 16.1. The van der Waals surface area contributed by atoms with Crippen molar-refractivity contribution in [3.63, 3.8) is 0 Å². The van der Waals surface area contributed by atoms with Crippen molar-refractivity contribution < 1.29 is 4.79 Å². The summed E-state index contributed by atoms with van der Waals surface area (Å²) in [5.74, 6) is 0.388. The minimum Gasteiger partial charge on any atom is -0.370 e. The molecule has 0 aliphatic rings. The molecule has 5 heteroatoms. The second-order valence-electron chi connectivity index (χ2n) is 6.19. The first-order valence-electron chi connectivity index (χ1n) is 8.51. The van der Waals surface area contributed by atoms with Gasteiger partial charge in [-0.25, -0.2) is 4.99 Å². The topological polar surface area (TPSA) is 79.5 Å². The molecule has 0 aliphatic carbocycles. The molecule has 0 bridgehead atoms. The van der Waals surface area contributed by atoms with E-state index in [1.807, 2.05) is 69.3 Å². The molecule has 25 heavy (non-hydrogen) atoms. The molecular formula is C20H26N4O. The fourth-order valence-corrected chi connectivity index (χ4v) is 2.28. The smallest absolute Gasteiger partial charge is 0.227 e. The van der Waals surface area contributed by atoms with Crippen LogP contribution in [-0.2, 0) is 11.3 Å². The molecule has 4 N–H and O–H groups in total. The van der Waals surface area contributed by atoms with Gasteiger partial charge in [-0.1, -0.05) is 38.1 Å². The summed E-state index contributed by atoms with van der Waals surface area (Å²) >= 11 is 0. The summed E-state index contributed by atoms with van der Waals surface area (Å²) < 4.78 is 0. The number of aliphatic imine (C=N–C) groups is 1. The van der Waals surface area contributed by atoms with Crippen LogP contribution in [0.2, 0.25) is 0 Å². The number of amides is 1. The van der Waals surface area contributed by atoms with Crippen molar-refractivity contribution in [2.24, 2.45) is 16.6 Å². The van der Waals surface area contributed by atoms with E-state index in [0.717, 1.165) is 28.9 Å². The Hall–Kier alpha value is -2.82. The molecule has 0 fully saturated rings. The quantitative estimate of drug-likeness (QED) is 0.552. The molecule has 0 heterocycles. The minimum absolute atomic E-state index is 0.00384. The van der Waals surface area contributed by atoms with E-state index in [0.29, 0.717) is 12.5 Å². The highest BCUT2D eigenvalue weighted by Crippen LogP contribution is 2.14. The number of hydrogen-bond donors (Lipinski definition) is 3. The predicted molar refractivity (Wildman–Crippen MR) is 105 cm³/mol. The predicted octanol–water partition coefficient (Wildman–Crippen LogP) is 3.91. The van der Waals surface area contributed by atoms with Crippen LogP contribution in [0.15, 0.2) is 53.5 Å². The van der Waals surface area contributed by atoms with Crippen LogP contribution in [0.25, 0.3) is 0 Å². The van der Waals surface area contributed by atoms with Gasteiger partial charge in [0.15, 0.2) is 5.96 Å². The van der Waals surface area contributed by atoms with Crippen molar-refractivity contribution in [2.75, 3.05) is 10.6 Å². The molecule has 0 aromatic heterocycles. The zero-order chi connectivity index (χ0) is 18.2. The number of carbonyl (C=O) groups excluding carboxylic acids is 1. The molecular weight excluding hydrogens is 312 g/mol. The highest BCUT2D eigenvalue weighted by molar-refractivity contribution is 5.93. The maximum Gasteiger partial charge on any atom is 0.227 e. The fourth-order valence-electron chi connectivity index (χ4n) is 2.28. The maximum atomic E-state index is 12.0. The van der Waals surface area contributed by atoms with Gasteiger partial charge in [0, 0.05) is 17.3 Å². The molecule has 1 amide bonds. The van der Waals surface area contributed by atoms with Gasteiger partial charge in [0.2, 0.25) is 5.91 Å². The van der Waals surface area contributed by atoms with Gasteiger partial charge in [0.1, 0.15) is 0 Å². The first-order valence-corrected chi connectivity index (χ1v) is 8.51. The molecule has 0 radical (unpaired) electrons. The number of nitrogens with one attached hydrogen (secondary N) is 2. The van der Waals surface area contributed by atoms with Crippen molar-refractivity contribution in [3.8, 4) is 0 Å². The van der Waals surface area contributed by atoms with Crippen molar-refractivity contribution in [2.45, 2.75) is 33.7 Å². The van der Waals surface area contributed by atoms with Crippen molar-refractivity contribution in [3.05, 3.63) is 59.7 Å². The Morgan fingerprint density at radius 1 is 1.12 bits per heavy atom. The molecule has 0 saturated heterocycles. The fraction of sp³-hybridized carbons (Fsp3) is 0.300. The van der Waals surface area contributed by atoms with Crippen LogP contribution in [0, 0.1) is 12.8 Å². The normalized spacial score (nSPS) is 12.5. The monoisotopic (exact) mass is 338 g/mol. The number of nitrogens with zero attached hydrogens (tertiary/aromatic N) is 1. The maximum absolute atomic E-state index is 12.0. The summed E-state index contributed by atoms with van der Waals surface area (Å²) in [7, 11) is 0. The van der Waals surface area contributed by atoms with Gasteiger partial charge in [0.25, 0.3) is 0 Å². The summed E-state index contributed by atoms with van der Waals surface area (Å²) in [4.78, 5) is 16.3. The van der Waals surface area contributed by atoms with Gasteiger partial charge < -0.3 is 16.4 Å². The Labute approximate surface area is 149 Å². The molecule has 2 aromatic carbocycles. The van der Waals surface area contributed by atoms with E-state index in [2.05, 4.69) is 15.6 Å². The average Bonchev–Trinajstić information content (AvgIpc) is 2.59. The van der Waals surface area contributed by atoms with E-state index in [-0.39, 0.29) is 11.8 Å². The number of anilines is 2. The molecule has 2 rings (SSSR count). The number of carbonyl (C=O) groups is 1. The summed E-state index contributed by atoms with van der Waals surface area (Å²) in [5.41, 5.74) is 9.78. The van der Waals surface area contributed by atoms with Crippen LogP contribution in [0.1, 0.15) is 31.4 Å². The van der Waals surface area contributed by atoms with E-state index < -0.39 is 0 Å². The van der Waals surface area contributed by atoms with Crippen LogP contribution in [0.4, 0.5) is 11.4 Å². The molecule has 1 unspecified atom stereocenters. The molecule has 0 spiro atoms. The van der Waals surface area contributed by atoms with Gasteiger partial charge in [-0.3, -0.25) is 4.79 Å². The largest absolute Gasteiger partial charge is 0.370 e. The van der Waals surface area contributed by atoms with E-state index in [1.54, 1.807) is 0 Å². The van der Waals surface area contributed by atoms with Crippen molar-refractivity contribution in [1.82, 2.24) is 0 Å². The van der Waals surface area contributed by atoms with Crippen LogP contribution < -0.4 is 16.4 Å². The number of rotatable bonds is 6.